The Bertz CT molecular complexity index is 591. The van der Waals surface area contributed by atoms with Gasteiger partial charge in [0.1, 0.15) is 4.88 Å². The van der Waals surface area contributed by atoms with E-state index in [9.17, 15) is 4.79 Å². The topological polar surface area (TPSA) is 29.1 Å². The fourth-order valence-corrected chi connectivity index (χ4v) is 6.59. The summed E-state index contributed by atoms with van der Waals surface area (Å²) in [6, 6.07) is 5.97. The molecule has 0 saturated heterocycles. The first-order valence-corrected chi connectivity index (χ1v) is 9.59. The quantitative estimate of drug-likeness (QED) is 0.420. The molecule has 0 aliphatic heterocycles. The van der Waals surface area contributed by atoms with Gasteiger partial charge in [-0.3, -0.25) is 4.79 Å². The van der Waals surface area contributed by atoms with Gasteiger partial charge in [0.2, 0.25) is 0 Å². The molecule has 94 valence electrons. The molecule has 0 fully saturated rings. The van der Waals surface area contributed by atoms with Gasteiger partial charge in [0.05, 0.1) is 5.69 Å². The average molecular weight is 660 g/mol. The number of hydrogen-bond acceptors (Lipinski definition) is 2. The molecule has 18 heavy (non-hydrogen) atoms. The third-order valence-corrected chi connectivity index (χ3v) is 6.23. The molecule has 1 aromatic heterocycles. The maximum Gasteiger partial charge on any atom is 0.266 e. The van der Waals surface area contributed by atoms with E-state index in [1.807, 2.05) is 23.6 Å². The number of thiophene rings is 1. The van der Waals surface area contributed by atoms with E-state index in [-0.39, 0.29) is 5.91 Å². The Hall–Kier alpha value is 1.06. The van der Waals surface area contributed by atoms with Gasteiger partial charge in [0.25, 0.3) is 5.91 Å². The minimum Gasteiger partial charge on any atom is -0.319 e. The van der Waals surface area contributed by atoms with Crippen molar-refractivity contribution < 1.29 is 4.79 Å². The summed E-state index contributed by atoms with van der Waals surface area (Å²) in [6.45, 7) is 0. The maximum absolute atomic E-state index is 12.1. The number of anilines is 1. The van der Waals surface area contributed by atoms with Crippen molar-refractivity contribution in [3.05, 3.63) is 43.6 Å². The molecule has 0 aliphatic rings. The number of carbonyl (C=O) groups excluding carboxylic acids is 1. The minimum absolute atomic E-state index is 0.0751. The monoisotopic (exact) mass is 659 g/mol. The smallest absolute Gasteiger partial charge is 0.266 e. The van der Waals surface area contributed by atoms with Crippen LogP contribution in [0.4, 0.5) is 5.69 Å². The van der Waals surface area contributed by atoms with Gasteiger partial charge in [-0.25, -0.2) is 0 Å². The molecule has 1 amide bonds. The van der Waals surface area contributed by atoms with Gasteiger partial charge < -0.3 is 5.32 Å². The molecule has 1 aromatic carbocycles. The summed E-state index contributed by atoms with van der Waals surface area (Å²) in [6.07, 6.45) is 0. The third-order valence-electron chi connectivity index (χ3n) is 2.07. The summed E-state index contributed by atoms with van der Waals surface area (Å²) in [4.78, 5) is 12.8. The van der Waals surface area contributed by atoms with Gasteiger partial charge in [-0.15, -0.1) is 11.3 Å². The van der Waals surface area contributed by atoms with Gasteiger partial charge in [-0.2, -0.15) is 0 Å². The van der Waals surface area contributed by atoms with Gasteiger partial charge in [-0.1, -0.05) is 0 Å². The molecule has 0 spiro atoms. The molecule has 0 saturated carbocycles. The number of hydrogen-bond donors (Lipinski definition) is 1. The largest absolute Gasteiger partial charge is 0.319 e. The summed E-state index contributed by atoms with van der Waals surface area (Å²) in [5, 5.41) is 4.86. The Kier molecular flexibility index (Phi) is 5.73. The van der Waals surface area contributed by atoms with Crippen LogP contribution in [0.2, 0.25) is 0 Å². The summed E-state index contributed by atoms with van der Waals surface area (Å²) < 4.78 is 4.09. The van der Waals surface area contributed by atoms with Crippen LogP contribution in [-0.2, 0) is 0 Å². The van der Waals surface area contributed by atoms with Crippen LogP contribution in [-0.4, -0.2) is 5.91 Å². The molecular weight excluding hydrogens is 655 g/mol. The Labute approximate surface area is 158 Å². The molecular formula is C11H5BrI3NOS. The number of rotatable bonds is 2. The molecule has 7 heteroatoms. The fourth-order valence-electron chi connectivity index (χ4n) is 1.29. The highest BCUT2D eigenvalue weighted by Crippen LogP contribution is 2.29. The average Bonchev–Trinajstić information content (AvgIpc) is 2.69. The molecule has 0 unspecified atom stereocenters. The second kappa shape index (κ2) is 6.68. The highest BCUT2D eigenvalue weighted by atomic mass is 127. The van der Waals surface area contributed by atoms with Gasteiger partial charge >= 0.3 is 0 Å². The summed E-state index contributed by atoms with van der Waals surface area (Å²) >= 11 is 11.5. The van der Waals surface area contributed by atoms with Crippen LogP contribution in [0.5, 0.6) is 0 Å². The van der Waals surface area contributed by atoms with Gasteiger partial charge in [0, 0.05) is 15.2 Å². The van der Waals surface area contributed by atoms with Crippen molar-refractivity contribution in [2.75, 3.05) is 5.32 Å². The van der Waals surface area contributed by atoms with E-state index < -0.39 is 0 Å². The lowest BCUT2D eigenvalue weighted by Crippen LogP contribution is -2.13. The predicted molar refractivity (Wildman–Crippen MR) is 105 cm³/mol. The Morgan fingerprint density at radius 3 is 2.33 bits per heavy atom. The molecule has 2 nitrogen and oxygen atoms in total. The van der Waals surface area contributed by atoms with E-state index in [0.717, 1.165) is 20.9 Å². The Morgan fingerprint density at radius 2 is 1.83 bits per heavy atom. The zero-order chi connectivity index (χ0) is 13.3. The van der Waals surface area contributed by atoms with E-state index in [0.29, 0.717) is 4.88 Å². The number of carbonyl (C=O) groups is 1. The number of nitrogens with one attached hydrogen (secondary N) is 1. The summed E-state index contributed by atoms with van der Waals surface area (Å²) in [7, 11) is 0. The fraction of sp³-hybridized carbons (Fsp3) is 0. The highest BCUT2D eigenvalue weighted by molar-refractivity contribution is 14.1. The molecule has 1 heterocycles. The molecule has 0 radical (unpaired) electrons. The van der Waals surface area contributed by atoms with E-state index in [1.165, 1.54) is 11.3 Å². The van der Waals surface area contributed by atoms with Crippen LogP contribution in [0.3, 0.4) is 0 Å². The van der Waals surface area contributed by atoms with E-state index >= 15 is 0 Å². The van der Waals surface area contributed by atoms with Crippen LogP contribution in [0.25, 0.3) is 0 Å². The first-order chi connectivity index (χ1) is 8.49. The predicted octanol–water partition coefficient (Wildman–Crippen LogP) is 5.58. The normalized spacial score (nSPS) is 10.4. The van der Waals surface area contributed by atoms with Crippen LogP contribution in [0, 0.1) is 10.7 Å². The zero-order valence-electron chi connectivity index (χ0n) is 8.64. The molecule has 1 N–H and O–H groups in total. The zero-order valence-corrected chi connectivity index (χ0v) is 17.5. The van der Waals surface area contributed by atoms with Crippen LogP contribution >= 0.6 is 95.0 Å². The molecule has 0 bridgehead atoms. The third kappa shape index (κ3) is 3.58. The highest BCUT2D eigenvalue weighted by Gasteiger charge is 2.15. The Morgan fingerprint density at radius 1 is 1.22 bits per heavy atom. The van der Waals surface area contributed by atoms with Crippen molar-refractivity contribution >= 4 is 107 Å². The van der Waals surface area contributed by atoms with Crippen molar-refractivity contribution in [1.82, 2.24) is 0 Å². The molecule has 0 atom stereocenters. The van der Waals surface area contributed by atoms with Crippen molar-refractivity contribution in [3.8, 4) is 0 Å². The van der Waals surface area contributed by atoms with Gasteiger partial charge in [-0.05, 0) is 107 Å². The summed E-state index contributed by atoms with van der Waals surface area (Å²) in [5.74, 6) is -0.0751. The van der Waals surface area contributed by atoms with E-state index in [2.05, 4.69) is 89.0 Å². The van der Waals surface area contributed by atoms with E-state index in [4.69, 9.17) is 0 Å². The number of amides is 1. The Balaban J connectivity index is 2.31. The molecule has 2 rings (SSSR count). The molecule has 2 aromatic rings. The van der Waals surface area contributed by atoms with Crippen molar-refractivity contribution in [2.45, 2.75) is 0 Å². The van der Waals surface area contributed by atoms with Crippen molar-refractivity contribution in [1.29, 1.82) is 0 Å². The van der Waals surface area contributed by atoms with Gasteiger partial charge in [0.15, 0.2) is 0 Å². The van der Waals surface area contributed by atoms with Crippen LogP contribution in [0.1, 0.15) is 9.67 Å². The van der Waals surface area contributed by atoms with E-state index in [1.54, 1.807) is 0 Å². The van der Waals surface area contributed by atoms with Crippen LogP contribution < -0.4 is 5.32 Å². The summed E-state index contributed by atoms with van der Waals surface area (Å²) in [5.41, 5.74) is 0.877. The lowest BCUT2D eigenvalue weighted by Gasteiger charge is -2.10. The second-order valence-electron chi connectivity index (χ2n) is 3.30. The molecule has 0 aliphatic carbocycles. The first-order valence-electron chi connectivity index (χ1n) is 4.68. The van der Waals surface area contributed by atoms with Crippen molar-refractivity contribution in [3.63, 3.8) is 0 Å². The lowest BCUT2D eigenvalue weighted by molar-refractivity contribution is 0.103. The van der Waals surface area contributed by atoms with Crippen molar-refractivity contribution in [2.24, 2.45) is 0 Å². The first kappa shape index (κ1) is 15.4. The standard InChI is InChI=1S/C11H5BrI3NOS/c12-6-1-2-18-10(6)11(17)16-9-7(14)3-5(13)4-8(9)15/h1-4H,(H,16,17). The minimum atomic E-state index is -0.0751. The maximum atomic E-state index is 12.1. The number of benzene rings is 1. The number of halogens is 4. The SMILES string of the molecule is O=C(Nc1c(I)cc(I)cc1I)c1sccc1Br. The second-order valence-corrected chi connectivity index (χ2v) is 8.64. The lowest BCUT2D eigenvalue weighted by atomic mass is 10.3. The van der Waals surface area contributed by atoms with Crippen LogP contribution in [0.15, 0.2) is 28.1 Å².